The van der Waals surface area contributed by atoms with E-state index in [0.29, 0.717) is 15.3 Å². The number of carbonyl (C=O) groups excluding carboxylic acids is 1. The molecule has 1 amide bonds. The molecule has 0 saturated carbocycles. The van der Waals surface area contributed by atoms with Crippen molar-refractivity contribution >= 4 is 39.1 Å². The Morgan fingerprint density at radius 3 is 2.80 bits per heavy atom. The van der Waals surface area contributed by atoms with E-state index in [9.17, 15) is 9.18 Å². The fourth-order valence-electron chi connectivity index (χ4n) is 1.50. The first kappa shape index (κ1) is 14.7. The Kier molecular flexibility index (Phi) is 4.57. The predicted molar refractivity (Wildman–Crippen MR) is 77.9 cm³/mol. The number of ether oxygens (including phenoxy) is 1. The van der Waals surface area contributed by atoms with Gasteiger partial charge in [0, 0.05) is 5.56 Å². The summed E-state index contributed by atoms with van der Waals surface area (Å²) in [6, 6.07) is 5.57. The van der Waals surface area contributed by atoms with Crippen LogP contribution in [0.4, 0.5) is 10.1 Å². The van der Waals surface area contributed by atoms with Gasteiger partial charge in [0.1, 0.15) is 5.15 Å². The Morgan fingerprint density at radius 1 is 1.45 bits per heavy atom. The van der Waals surface area contributed by atoms with Crippen molar-refractivity contribution in [3.05, 3.63) is 51.5 Å². The van der Waals surface area contributed by atoms with E-state index >= 15 is 0 Å². The lowest BCUT2D eigenvalue weighted by Gasteiger charge is -2.07. The summed E-state index contributed by atoms with van der Waals surface area (Å²) in [6.07, 6.45) is 1.41. The smallest absolute Gasteiger partial charge is 0.255 e. The zero-order valence-corrected chi connectivity index (χ0v) is 12.6. The molecule has 1 heterocycles. The summed E-state index contributed by atoms with van der Waals surface area (Å²) < 4.78 is 18.9. The van der Waals surface area contributed by atoms with Crippen LogP contribution in [0.25, 0.3) is 0 Å². The molecule has 2 rings (SSSR count). The standard InChI is InChI=1S/C13H9BrClFN2O2/c1-20-11-3-2-7(4-10(11)16)13(19)18-8-5-9(14)12(15)17-6-8/h2-6H,1H3,(H,18,19). The molecule has 0 saturated heterocycles. The van der Waals surface area contributed by atoms with E-state index in [4.69, 9.17) is 16.3 Å². The van der Waals surface area contributed by atoms with Gasteiger partial charge in [0.2, 0.25) is 0 Å². The number of hydrogen-bond acceptors (Lipinski definition) is 3. The fourth-order valence-corrected chi connectivity index (χ4v) is 1.95. The number of benzene rings is 1. The normalized spacial score (nSPS) is 10.2. The first-order valence-corrected chi connectivity index (χ1v) is 6.64. The van der Waals surface area contributed by atoms with Gasteiger partial charge in [0.05, 0.1) is 23.5 Å². The highest BCUT2D eigenvalue weighted by Crippen LogP contribution is 2.23. The van der Waals surface area contributed by atoms with E-state index < -0.39 is 11.7 Å². The molecule has 2 aromatic rings. The highest BCUT2D eigenvalue weighted by molar-refractivity contribution is 9.10. The van der Waals surface area contributed by atoms with E-state index in [1.54, 1.807) is 6.07 Å². The quantitative estimate of drug-likeness (QED) is 0.846. The molecule has 0 spiro atoms. The molecule has 4 nitrogen and oxygen atoms in total. The SMILES string of the molecule is COc1ccc(C(=O)Nc2cnc(Cl)c(Br)c2)cc1F. The molecule has 0 aliphatic carbocycles. The van der Waals surface area contributed by atoms with Crippen molar-refractivity contribution in [1.29, 1.82) is 0 Å². The van der Waals surface area contributed by atoms with Gasteiger partial charge in [-0.05, 0) is 40.2 Å². The van der Waals surface area contributed by atoms with Gasteiger partial charge in [-0.2, -0.15) is 0 Å². The Hall–Kier alpha value is -1.66. The molecule has 0 aliphatic heterocycles. The molecule has 1 aromatic carbocycles. The first-order chi connectivity index (χ1) is 9.51. The zero-order valence-electron chi connectivity index (χ0n) is 10.3. The summed E-state index contributed by atoms with van der Waals surface area (Å²) in [6.45, 7) is 0. The van der Waals surface area contributed by atoms with Crippen LogP contribution < -0.4 is 10.1 Å². The van der Waals surface area contributed by atoms with Crippen LogP contribution in [0.2, 0.25) is 5.15 Å². The highest BCUT2D eigenvalue weighted by atomic mass is 79.9. The minimum Gasteiger partial charge on any atom is -0.494 e. The Balaban J connectivity index is 2.19. The number of anilines is 1. The molecule has 0 unspecified atom stereocenters. The number of pyridine rings is 1. The number of aromatic nitrogens is 1. The average molecular weight is 360 g/mol. The maximum atomic E-state index is 13.5. The topological polar surface area (TPSA) is 51.2 Å². The molecule has 20 heavy (non-hydrogen) atoms. The molecule has 1 aromatic heterocycles. The second-order valence-electron chi connectivity index (χ2n) is 3.80. The average Bonchev–Trinajstić information content (AvgIpc) is 2.42. The molecule has 0 fully saturated rings. The lowest BCUT2D eigenvalue weighted by atomic mass is 10.2. The van der Waals surface area contributed by atoms with Crippen LogP contribution in [-0.2, 0) is 0 Å². The Labute approximate surface area is 128 Å². The third kappa shape index (κ3) is 3.26. The second-order valence-corrected chi connectivity index (χ2v) is 5.01. The van der Waals surface area contributed by atoms with Gasteiger partial charge in [0.25, 0.3) is 5.91 Å². The lowest BCUT2D eigenvalue weighted by molar-refractivity contribution is 0.102. The van der Waals surface area contributed by atoms with E-state index in [1.165, 1.54) is 25.4 Å². The predicted octanol–water partition coefficient (Wildman–Crippen LogP) is 3.90. The maximum Gasteiger partial charge on any atom is 0.255 e. The number of nitrogens with one attached hydrogen (secondary N) is 1. The number of hydrogen-bond donors (Lipinski definition) is 1. The van der Waals surface area contributed by atoms with Gasteiger partial charge in [0.15, 0.2) is 11.6 Å². The summed E-state index contributed by atoms with van der Waals surface area (Å²) in [5.74, 6) is -0.976. The molecular formula is C13H9BrClFN2O2. The monoisotopic (exact) mass is 358 g/mol. The minimum atomic E-state index is -0.601. The second kappa shape index (κ2) is 6.19. The van der Waals surface area contributed by atoms with Crippen LogP contribution in [-0.4, -0.2) is 18.0 Å². The van der Waals surface area contributed by atoms with Crippen molar-refractivity contribution < 1.29 is 13.9 Å². The van der Waals surface area contributed by atoms with Crippen molar-refractivity contribution in [3.8, 4) is 5.75 Å². The number of halogens is 3. The third-order valence-electron chi connectivity index (χ3n) is 2.47. The molecule has 0 radical (unpaired) electrons. The Bertz CT molecular complexity index is 667. The molecule has 1 N–H and O–H groups in total. The van der Waals surface area contributed by atoms with Gasteiger partial charge >= 0.3 is 0 Å². The molecular weight excluding hydrogens is 351 g/mol. The van der Waals surface area contributed by atoms with E-state index in [2.05, 4.69) is 26.2 Å². The fraction of sp³-hybridized carbons (Fsp3) is 0.0769. The van der Waals surface area contributed by atoms with Gasteiger partial charge in [-0.15, -0.1) is 0 Å². The van der Waals surface area contributed by atoms with Gasteiger partial charge < -0.3 is 10.1 Å². The molecule has 0 bridgehead atoms. The molecule has 0 aliphatic rings. The van der Waals surface area contributed by atoms with Crippen LogP contribution in [0, 0.1) is 5.82 Å². The number of nitrogens with zero attached hydrogens (tertiary/aromatic N) is 1. The van der Waals surface area contributed by atoms with Crippen LogP contribution in [0.15, 0.2) is 34.9 Å². The number of rotatable bonds is 3. The summed E-state index contributed by atoms with van der Waals surface area (Å²) >= 11 is 8.95. The Morgan fingerprint density at radius 2 is 2.20 bits per heavy atom. The molecule has 0 atom stereocenters. The zero-order chi connectivity index (χ0) is 14.7. The maximum absolute atomic E-state index is 13.5. The summed E-state index contributed by atoms with van der Waals surface area (Å²) in [5.41, 5.74) is 0.622. The summed E-state index contributed by atoms with van der Waals surface area (Å²) in [4.78, 5) is 15.8. The van der Waals surface area contributed by atoms with Crippen LogP contribution in [0.3, 0.4) is 0 Å². The summed E-state index contributed by atoms with van der Waals surface area (Å²) in [5, 5.41) is 2.88. The van der Waals surface area contributed by atoms with Crippen LogP contribution >= 0.6 is 27.5 Å². The van der Waals surface area contributed by atoms with Crippen molar-refractivity contribution in [1.82, 2.24) is 4.98 Å². The first-order valence-electron chi connectivity index (χ1n) is 5.47. The van der Waals surface area contributed by atoms with Crippen LogP contribution in [0.1, 0.15) is 10.4 Å². The third-order valence-corrected chi connectivity index (χ3v) is 3.60. The number of amides is 1. The van der Waals surface area contributed by atoms with Crippen molar-refractivity contribution in [2.75, 3.05) is 12.4 Å². The number of carbonyl (C=O) groups is 1. The number of methoxy groups -OCH3 is 1. The van der Waals surface area contributed by atoms with Gasteiger partial charge in [-0.1, -0.05) is 11.6 Å². The largest absolute Gasteiger partial charge is 0.494 e. The van der Waals surface area contributed by atoms with Crippen molar-refractivity contribution in [2.45, 2.75) is 0 Å². The van der Waals surface area contributed by atoms with E-state index in [-0.39, 0.29) is 11.3 Å². The molecule has 104 valence electrons. The van der Waals surface area contributed by atoms with Crippen molar-refractivity contribution in [2.24, 2.45) is 0 Å². The highest BCUT2D eigenvalue weighted by Gasteiger charge is 2.11. The van der Waals surface area contributed by atoms with Gasteiger partial charge in [-0.3, -0.25) is 4.79 Å². The van der Waals surface area contributed by atoms with E-state index in [0.717, 1.165) is 6.07 Å². The van der Waals surface area contributed by atoms with E-state index in [1.807, 2.05) is 0 Å². The molecule has 7 heteroatoms. The lowest BCUT2D eigenvalue weighted by Crippen LogP contribution is -2.12. The van der Waals surface area contributed by atoms with Crippen molar-refractivity contribution in [3.63, 3.8) is 0 Å². The van der Waals surface area contributed by atoms with Crippen LogP contribution in [0.5, 0.6) is 5.75 Å². The minimum absolute atomic E-state index is 0.0810. The van der Waals surface area contributed by atoms with Gasteiger partial charge in [-0.25, -0.2) is 9.37 Å². The summed E-state index contributed by atoms with van der Waals surface area (Å²) in [7, 11) is 1.36.